The summed E-state index contributed by atoms with van der Waals surface area (Å²) in [6.45, 7) is 1.63. The van der Waals surface area contributed by atoms with Crippen LogP contribution in [0.25, 0.3) is 11.1 Å². The number of rotatable bonds is 4. The third kappa shape index (κ3) is 3.33. The zero-order chi connectivity index (χ0) is 14.8. The fourth-order valence-corrected chi connectivity index (χ4v) is 2.53. The highest BCUT2D eigenvalue weighted by Gasteiger charge is 2.17. The largest absolute Gasteiger partial charge is 0.490 e. The van der Waals surface area contributed by atoms with Crippen LogP contribution < -0.4 is 10.1 Å². The molecular formula is C14H12BrClFN3O. The fraction of sp³-hybridized carbons (Fsp3) is 0.286. The van der Waals surface area contributed by atoms with Crippen LogP contribution in [0.2, 0.25) is 5.15 Å². The van der Waals surface area contributed by atoms with E-state index in [9.17, 15) is 4.39 Å². The molecule has 0 aliphatic carbocycles. The Morgan fingerprint density at radius 3 is 2.86 bits per heavy atom. The maximum absolute atomic E-state index is 13.2. The van der Waals surface area contributed by atoms with Gasteiger partial charge in [-0.2, -0.15) is 4.39 Å². The molecule has 1 N–H and O–H groups in total. The second-order valence-electron chi connectivity index (χ2n) is 4.76. The van der Waals surface area contributed by atoms with Crippen molar-refractivity contribution in [1.29, 1.82) is 0 Å². The summed E-state index contributed by atoms with van der Waals surface area (Å²) in [7, 11) is 0. The lowest BCUT2D eigenvalue weighted by Gasteiger charge is -2.27. The number of nitrogens with zero attached hydrogens (tertiary/aromatic N) is 2. The average Bonchev–Trinajstić information content (AvgIpc) is 2.42. The van der Waals surface area contributed by atoms with Crippen molar-refractivity contribution in [1.82, 2.24) is 15.3 Å². The van der Waals surface area contributed by atoms with Gasteiger partial charge in [0.1, 0.15) is 17.5 Å². The molecule has 1 aliphatic rings. The van der Waals surface area contributed by atoms with Gasteiger partial charge in [-0.25, -0.2) is 9.97 Å². The molecule has 0 amide bonds. The van der Waals surface area contributed by atoms with Crippen LogP contribution in [-0.2, 0) is 0 Å². The molecule has 2 aromatic rings. The van der Waals surface area contributed by atoms with E-state index in [4.69, 9.17) is 16.3 Å². The molecule has 0 bridgehead atoms. The van der Waals surface area contributed by atoms with Gasteiger partial charge in [-0.1, -0.05) is 11.6 Å². The van der Waals surface area contributed by atoms with Crippen molar-refractivity contribution < 1.29 is 9.13 Å². The molecular weight excluding hydrogens is 361 g/mol. The first kappa shape index (κ1) is 14.7. The van der Waals surface area contributed by atoms with E-state index in [0.29, 0.717) is 34.7 Å². The number of aromatic nitrogens is 2. The summed E-state index contributed by atoms with van der Waals surface area (Å²) in [4.78, 5) is 7.78. The summed E-state index contributed by atoms with van der Waals surface area (Å²) in [6, 6.07) is 3.79. The van der Waals surface area contributed by atoms with Crippen LogP contribution >= 0.6 is 27.5 Å². The van der Waals surface area contributed by atoms with Crippen LogP contribution in [0, 0.1) is 5.95 Å². The Morgan fingerprint density at radius 1 is 1.38 bits per heavy atom. The van der Waals surface area contributed by atoms with E-state index >= 15 is 0 Å². The minimum Gasteiger partial charge on any atom is -0.490 e. The Labute approximate surface area is 134 Å². The average molecular weight is 373 g/mol. The molecule has 110 valence electrons. The van der Waals surface area contributed by atoms with Crippen LogP contribution in [0.1, 0.15) is 6.42 Å². The smallest absolute Gasteiger partial charge is 0.227 e. The van der Waals surface area contributed by atoms with Gasteiger partial charge in [0.2, 0.25) is 5.95 Å². The first-order valence-corrected chi connectivity index (χ1v) is 7.64. The summed E-state index contributed by atoms with van der Waals surface area (Å²) in [5.74, 6) is 0.0647. The standard InChI is InChI=1S/C14H12BrClFN3O/c15-12-3-8(5-20-14(12)17)11-4-10(6-19-13(11)16)21-7-9-1-2-18-9/h3-6,9,18H,1-2,7H2/t9-/m0/s1. The summed E-state index contributed by atoms with van der Waals surface area (Å²) in [6.07, 6.45) is 4.11. The number of ether oxygens (including phenoxy) is 1. The lowest BCUT2D eigenvalue weighted by molar-refractivity contribution is 0.217. The number of hydrogen-bond donors (Lipinski definition) is 1. The summed E-state index contributed by atoms with van der Waals surface area (Å²) in [5.41, 5.74) is 1.33. The van der Waals surface area contributed by atoms with E-state index in [1.54, 1.807) is 18.3 Å². The Hall–Kier alpha value is -1.24. The number of pyridine rings is 2. The zero-order valence-corrected chi connectivity index (χ0v) is 13.3. The highest BCUT2D eigenvalue weighted by atomic mass is 79.9. The van der Waals surface area contributed by atoms with Crippen LogP contribution in [0.4, 0.5) is 4.39 Å². The number of nitrogens with one attached hydrogen (secondary N) is 1. The van der Waals surface area contributed by atoms with Gasteiger partial charge < -0.3 is 10.1 Å². The minimum atomic E-state index is -0.564. The van der Waals surface area contributed by atoms with E-state index in [1.807, 2.05) is 0 Å². The van der Waals surface area contributed by atoms with Crippen molar-refractivity contribution in [3.63, 3.8) is 0 Å². The Balaban J connectivity index is 1.84. The molecule has 3 heterocycles. The third-order valence-corrected chi connectivity index (χ3v) is 4.16. The van der Waals surface area contributed by atoms with E-state index in [2.05, 4.69) is 31.2 Å². The molecule has 7 heteroatoms. The zero-order valence-electron chi connectivity index (χ0n) is 10.9. The molecule has 1 fully saturated rings. The van der Waals surface area contributed by atoms with Gasteiger partial charge in [0.15, 0.2) is 0 Å². The fourth-order valence-electron chi connectivity index (χ4n) is 1.97. The predicted octanol–water partition coefficient (Wildman–Crippen LogP) is 3.44. The van der Waals surface area contributed by atoms with Crippen molar-refractivity contribution in [2.24, 2.45) is 0 Å². The monoisotopic (exact) mass is 371 g/mol. The molecule has 21 heavy (non-hydrogen) atoms. The van der Waals surface area contributed by atoms with Crippen LogP contribution in [-0.4, -0.2) is 29.2 Å². The second-order valence-corrected chi connectivity index (χ2v) is 5.97. The van der Waals surface area contributed by atoms with Crippen molar-refractivity contribution >= 4 is 27.5 Å². The predicted molar refractivity (Wildman–Crippen MR) is 82.0 cm³/mol. The van der Waals surface area contributed by atoms with Gasteiger partial charge in [0.05, 0.1) is 10.7 Å². The Kier molecular flexibility index (Phi) is 4.37. The highest BCUT2D eigenvalue weighted by molar-refractivity contribution is 9.10. The Morgan fingerprint density at radius 2 is 2.19 bits per heavy atom. The van der Waals surface area contributed by atoms with Gasteiger partial charge in [-0.05, 0) is 41.0 Å². The van der Waals surface area contributed by atoms with Crippen molar-refractivity contribution in [2.45, 2.75) is 12.5 Å². The topological polar surface area (TPSA) is 47.0 Å². The molecule has 0 radical (unpaired) electrons. The van der Waals surface area contributed by atoms with Crippen LogP contribution in [0.15, 0.2) is 29.0 Å². The first-order chi connectivity index (χ1) is 10.1. The van der Waals surface area contributed by atoms with Crippen LogP contribution in [0.3, 0.4) is 0 Å². The SMILES string of the molecule is Fc1ncc(-c2cc(OC[C@@H]3CCN3)cnc2Cl)cc1Br. The van der Waals surface area contributed by atoms with Gasteiger partial charge >= 0.3 is 0 Å². The quantitative estimate of drug-likeness (QED) is 0.835. The first-order valence-electron chi connectivity index (χ1n) is 6.46. The van der Waals surface area contributed by atoms with E-state index in [1.165, 1.54) is 6.20 Å². The summed E-state index contributed by atoms with van der Waals surface area (Å²) < 4.78 is 19.2. The molecule has 0 unspecified atom stereocenters. The van der Waals surface area contributed by atoms with E-state index in [0.717, 1.165) is 13.0 Å². The summed E-state index contributed by atoms with van der Waals surface area (Å²) in [5, 5.41) is 3.58. The van der Waals surface area contributed by atoms with Gasteiger partial charge in [0.25, 0.3) is 0 Å². The second kappa shape index (κ2) is 6.25. The van der Waals surface area contributed by atoms with Crippen LogP contribution in [0.5, 0.6) is 5.75 Å². The third-order valence-electron chi connectivity index (χ3n) is 3.30. The molecule has 1 atom stereocenters. The highest BCUT2D eigenvalue weighted by Crippen LogP contribution is 2.31. The Bertz CT molecular complexity index is 667. The van der Waals surface area contributed by atoms with Gasteiger partial charge in [-0.15, -0.1) is 0 Å². The normalized spacial score (nSPS) is 17.4. The molecule has 1 aliphatic heterocycles. The van der Waals surface area contributed by atoms with Gasteiger partial charge in [0, 0.05) is 23.4 Å². The van der Waals surface area contributed by atoms with E-state index in [-0.39, 0.29) is 4.47 Å². The molecule has 0 spiro atoms. The number of halogens is 3. The minimum absolute atomic E-state index is 0.279. The molecule has 2 aromatic heterocycles. The number of hydrogen-bond acceptors (Lipinski definition) is 4. The van der Waals surface area contributed by atoms with Gasteiger partial charge in [-0.3, -0.25) is 0 Å². The van der Waals surface area contributed by atoms with E-state index < -0.39 is 5.95 Å². The lowest BCUT2D eigenvalue weighted by Crippen LogP contribution is -2.46. The molecule has 1 saturated heterocycles. The van der Waals surface area contributed by atoms with Crippen molar-refractivity contribution in [2.75, 3.05) is 13.2 Å². The van der Waals surface area contributed by atoms with Crippen molar-refractivity contribution in [3.8, 4) is 16.9 Å². The molecule has 0 saturated carbocycles. The van der Waals surface area contributed by atoms with Crippen molar-refractivity contribution in [3.05, 3.63) is 40.1 Å². The molecule has 3 rings (SSSR count). The maximum atomic E-state index is 13.2. The maximum Gasteiger partial charge on any atom is 0.227 e. The molecule has 0 aromatic carbocycles. The molecule has 4 nitrogen and oxygen atoms in total. The lowest BCUT2D eigenvalue weighted by atomic mass is 10.1. The summed E-state index contributed by atoms with van der Waals surface area (Å²) >= 11 is 9.22.